The maximum atomic E-state index is 10.8. The van der Waals surface area contributed by atoms with E-state index in [1.165, 1.54) is 0 Å². The molecule has 1 saturated heterocycles. The Morgan fingerprint density at radius 3 is 2.72 bits per heavy atom. The first-order valence-corrected chi connectivity index (χ1v) is 10.9. The quantitative estimate of drug-likeness (QED) is 0.499. The Labute approximate surface area is 186 Å². The summed E-state index contributed by atoms with van der Waals surface area (Å²) in [4.78, 5) is 20.6. The van der Waals surface area contributed by atoms with Crippen molar-refractivity contribution in [1.82, 2.24) is 25.3 Å². The third-order valence-corrected chi connectivity index (χ3v) is 5.81. The van der Waals surface area contributed by atoms with E-state index >= 15 is 0 Å². The van der Waals surface area contributed by atoms with Gasteiger partial charge in [0.05, 0.1) is 17.4 Å². The van der Waals surface area contributed by atoms with Crippen LogP contribution in [0.1, 0.15) is 38.6 Å². The van der Waals surface area contributed by atoms with Crippen LogP contribution in [0.4, 0.5) is 5.95 Å². The molecule has 32 heavy (non-hydrogen) atoms. The summed E-state index contributed by atoms with van der Waals surface area (Å²) in [6, 6.07) is 6.01. The first-order valence-electron chi connectivity index (χ1n) is 10.9. The summed E-state index contributed by atoms with van der Waals surface area (Å²) in [6.07, 6.45) is 2.82. The maximum absolute atomic E-state index is 10.8. The number of aryl methyl sites for hydroxylation is 2. The molecule has 1 aliphatic rings. The Bertz CT molecular complexity index is 1320. The molecule has 0 saturated carbocycles. The summed E-state index contributed by atoms with van der Waals surface area (Å²) >= 11 is 0. The zero-order valence-corrected chi connectivity index (χ0v) is 19.1. The van der Waals surface area contributed by atoms with Crippen LogP contribution >= 0.6 is 0 Å². The standard InChI is InChI=1S/C24H28N6O2/c1-13-21-20(32-14(2)26-21)10-16(22(13)31)17-6-7-18-19(27-17)11-25-23(28-18)30-9-8-15(12-30)29-24(3,4)5/h6-7,10-11,15,29,31H,8-9,12H2,1-5H3. The highest BCUT2D eigenvalue weighted by Crippen LogP contribution is 2.37. The fraction of sp³-hybridized carbons (Fsp3) is 0.417. The molecular formula is C24H28N6O2. The van der Waals surface area contributed by atoms with Crippen molar-refractivity contribution in [2.45, 2.75) is 52.6 Å². The Morgan fingerprint density at radius 1 is 1.12 bits per heavy atom. The molecule has 4 heterocycles. The zero-order chi connectivity index (χ0) is 22.6. The van der Waals surface area contributed by atoms with Crippen molar-refractivity contribution >= 4 is 28.1 Å². The number of phenols is 1. The van der Waals surface area contributed by atoms with Gasteiger partial charge >= 0.3 is 0 Å². The average Bonchev–Trinajstić information content (AvgIpc) is 3.34. The average molecular weight is 433 g/mol. The van der Waals surface area contributed by atoms with Gasteiger partial charge in [-0.05, 0) is 52.3 Å². The molecule has 166 valence electrons. The molecule has 0 aliphatic carbocycles. The van der Waals surface area contributed by atoms with Gasteiger partial charge in [-0.1, -0.05) is 0 Å². The van der Waals surface area contributed by atoms with Crippen molar-refractivity contribution in [3.8, 4) is 17.0 Å². The molecule has 8 nitrogen and oxygen atoms in total. The van der Waals surface area contributed by atoms with Gasteiger partial charge in [-0.25, -0.2) is 19.9 Å². The first kappa shape index (κ1) is 20.6. The fourth-order valence-corrected chi connectivity index (χ4v) is 4.41. The van der Waals surface area contributed by atoms with Crippen molar-refractivity contribution in [2.75, 3.05) is 18.0 Å². The second kappa shape index (κ2) is 7.41. The van der Waals surface area contributed by atoms with Gasteiger partial charge in [0.2, 0.25) is 5.95 Å². The molecule has 1 unspecified atom stereocenters. The van der Waals surface area contributed by atoms with Crippen LogP contribution in [0.15, 0.2) is 28.8 Å². The van der Waals surface area contributed by atoms with Gasteiger partial charge in [0.1, 0.15) is 16.8 Å². The lowest BCUT2D eigenvalue weighted by Crippen LogP contribution is -2.45. The number of aromatic hydroxyl groups is 1. The molecule has 0 radical (unpaired) electrons. The van der Waals surface area contributed by atoms with Crippen molar-refractivity contribution in [3.05, 3.63) is 35.9 Å². The van der Waals surface area contributed by atoms with E-state index in [1.54, 1.807) is 19.2 Å². The summed E-state index contributed by atoms with van der Waals surface area (Å²) in [6.45, 7) is 12.0. The SMILES string of the molecule is Cc1nc2c(C)c(O)c(-c3ccc4nc(N5CCC(NC(C)(C)C)C5)ncc4n3)cc2o1. The summed E-state index contributed by atoms with van der Waals surface area (Å²) < 4.78 is 5.68. The normalized spacial score (nSPS) is 17.0. The Hall–Kier alpha value is -3.26. The van der Waals surface area contributed by atoms with Gasteiger partial charge in [-0.2, -0.15) is 0 Å². The van der Waals surface area contributed by atoms with Crippen LogP contribution in [0.5, 0.6) is 5.75 Å². The van der Waals surface area contributed by atoms with Crippen molar-refractivity contribution in [2.24, 2.45) is 0 Å². The topological polar surface area (TPSA) is 100 Å². The lowest BCUT2D eigenvalue weighted by molar-refractivity contribution is 0.373. The molecule has 3 aromatic heterocycles. The molecule has 5 rings (SSSR count). The molecule has 2 N–H and O–H groups in total. The molecule has 0 spiro atoms. The summed E-state index contributed by atoms with van der Waals surface area (Å²) in [5.74, 6) is 1.45. The third-order valence-electron chi connectivity index (χ3n) is 5.81. The molecule has 1 atom stereocenters. The third kappa shape index (κ3) is 3.75. The highest BCUT2D eigenvalue weighted by molar-refractivity contribution is 5.89. The largest absolute Gasteiger partial charge is 0.507 e. The Kier molecular flexibility index (Phi) is 4.78. The number of hydrogen-bond acceptors (Lipinski definition) is 8. The van der Waals surface area contributed by atoms with Crippen molar-refractivity contribution in [1.29, 1.82) is 0 Å². The van der Waals surface area contributed by atoms with E-state index in [4.69, 9.17) is 14.4 Å². The minimum atomic E-state index is 0.0859. The molecule has 0 amide bonds. The monoisotopic (exact) mass is 432 g/mol. The molecule has 0 bridgehead atoms. The number of phenolic OH excluding ortho intramolecular Hbond substituents is 1. The lowest BCUT2D eigenvalue weighted by atomic mass is 10.0. The second-order valence-corrected chi connectivity index (χ2v) is 9.57. The molecule has 1 aromatic carbocycles. The van der Waals surface area contributed by atoms with Crippen LogP contribution in [0.2, 0.25) is 0 Å². The predicted molar refractivity (Wildman–Crippen MR) is 125 cm³/mol. The number of benzene rings is 1. The number of aromatic nitrogens is 4. The Balaban J connectivity index is 1.45. The second-order valence-electron chi connectivity index (χ2n) is 9.57. The van der Waals surface area contributed by atoms with Gasteiger partial charge in [0, 0.05) is 42.7 Å². The van der Waals surface area contributed by atoms with Crippen LogP contribution in [-0.2, 0) is 0 Å². The number of nitrogens with zero attached hydrogens (tertiary/aromatic N) is 5. The highest BCUT2D eigenvalue weighted by Gasteiger charge is 2.27. The van der Waals surface area contributed by atoms with Gasteiger partial charge < -0.3 is 19.7 Å². The first-order chi connectivity index (χ1) is 15.2. The summed E-state index contributed by atoms with van der Waals surface area (Å²) in [5, 5.41) is 14.4. The number of anilines is 1. The molecule has 1 fully saturated rings. The number of oxazole rings is 1. The van der Waals surface area contributed by atoms with E-state index in [0.29, 0.717) is 45.4 Å². The Morgan fingerprint density at radius 2 is 1.94 bits per heavy atom. The van der Waals surface area contributed by atoms with Gasteiger partial charge in [0.15, 0.2) is 11.5 Å². The zero-order valence-electron chi connectivity index (χ0n) is 19.1. The molecule has 1 aliphatic heterocycles. The van der Waals surface area contributed by atoms with Crippen LogP contribution in [-0.4, -0.2) is 49.7 Å². The summed E-state index contributed by atoms with van der Waals surface area (Å²) in [5.41, 5.74) is 4.77. The molecular weight excluding hydrogens is 404 g/mol. The number of pyridine rings is 1. The van der Waals surface area contributed by atoms with Gasteiger partial charge in [0.25, 0.3) is 0 Å². The van der Waals surface area contributed by atoms with Crippen molar-refractivity contribution in [3.63, 3.8) is 0 Å². The molecule has 4 aromatic rings. The van der Waals surface area contributed by atoms with E-state index in [2.05, 4.69) is 41.0 Å². The maximum Gasteiger partial charge on any atom is 0.226 e. The van der Waals surface area contributed by atoms with Crippen LogP contribution < -0.4 is 10.2 Å². The van der Waals surface area contributed by atoms with E-state index < -0.39 is 0 Å². The lowest BCUT2D eigenvalue weighted by Gasteiger charge is -2.26. The van der Waals surface area contributed by atoms with E-state index in [1.807, 2.05) is 19.1 Å². The number of hydrogen-bond donors (Lipinski definition) is 2. The minimum Gasteiger partial charge on any atom is -0.507 e. The number of fused-ring (bicyclic) bond motifs is 2. The molecule has 8 heteroatoms. The van der Waals surface area contributed by atoms with Crippen LogP contribution in [0, 0.1) is 13.8 Å². The van der Waals surface area contributed by atoms with E-state index in [0.717, 1.165) is 31.0 Å². The fourth-order valence-electron chi connectivity index (χ4n) is 4.41. The van der Waals surface area contributed by atoms with E-state index in [-0.39, 0.29) is 11.3 Å². The van der Waals surface area contributed by atoms with Crippen molar-refractivity contribution < 1.29 is 9.52 Å². The minimum absolute atomic E-state index is 0.0859. The predicted octanol–water partition coefficient (Wildman–Crippen LogP) is 4.12. The van der Waals surface area contributed by atoms with Crippen LogP contribution in [0.25, 0.3) is 33.4 Å². The number of nitrogens with one attached hydrogen (secondary N) is 1. The highest BCUT2D eigenvalue weighted by atomic mass is 16.3. The van der Waals surface area contributed by atoms with Gasteiger partial charge in [-0.15, -0.1) is 0 Å². The van der Waals surface area contributed by atoms with E-state index in [9.17, 15) is 5.11 Å². The smallest absolute Gasteiger partial charge is 0.226 e. The van der Waals surface area contributed by atoms with Gasteiger partial charge in [-0.3, -0.25) is 0 Å². The van der Waals surface area contributed by atoms with Crippen LogP contribution in [0.3, 0.4) is 0 Å². The summed E-state index contributed by atoms with van der Waals surface area (Å²) in [7, 11) is 0. The number of rotatable bonds is 3.